The molecule has 2 atom stereocenters. The summed E-state index contributed by atoms with van der Waals surface area (Å²) in [4.78, 5) is 37.4. The van der Waals surface area contributed by atoms with Crippen LogP contribution < -0.4 is 5.11 Å². The molecule has 0 rings (SSSR count). The standard InChI is InChI=1S/C68H117NO8/c1-6-8-10-12-14-16-18-20-22-24-26-28-30-32-33-35-37-39-41-43-45-47-49-51-53-55-57-59-66(71)77-64(63-76-68(67(72)73)74-61-60-69(3,4)5)62-75-65(70)58-56-54-52-50-48-46-44-42-40-38-36-34-31-29-27-25-23-21-19-17-15-13-11-9-7-2/h8-11,14-17,20-23,26-29,64,68H,6-7,12-13,18-19,24-25,30-63H2,1-5H3/b10-8-,11-9-,16-14-,17-15-,22-20-,23-21-,28-26-,29-27-. The van der Waals surface area contributed by atoms with E-state index in [1.807, 2.05) is 21.1 Å². The van der Waals surface area contributed by atoms with Gasteiger partial charge in [0, 0.05) is 12.8 Å². The van der Waals surface area contributed by atoms with Gasteiger partial charge in [0.05, 0.1) is 40.3 Å². The number of likely N-dealkylation sites (N-methyl/N-ethyl adjacent to an activating group) is 1. The third-order valence-corrected chi connectivity index (χ3v) is 13.3. The summed E-state index contributed by atoms with van der Waals surface area (Å²) in [6.45, 7) is 4.54. The molecule has 9 heteroatoms. The van der Waals surface area contributed by atoms with Crippen LogP contribution in [0.15, 0.2) is 97.2 Å². The van der Waals surface area contributed by atoms with Crippen LogP contribution in [0, 0.1) is 0 Å². The predicted molar refractivity (Wildman–Crippen MR) is 324 cm³/mol. The van der Waals surface area contributed by atoms with Crippen LogP contribution in [0.5, 0.6) is 0 Å². The lowest BCUT2D eigenvalue weighted by Gasteiger charge is -2.26. The molecule has 0 N–H and O–H groups in total. The second-order valence-corrected chi connectivity index (χ2v) is 21.9. The van der Waals surface area contributed by atoms with Crippen LogP contribution in [-0.4, -0.2) is 82.3 Å². The van der Waals surface area contributed by atoms with Crippen molar-refractivity contribution in [2.24, 2.45) is 0 Å². The predicted octanol–water partition coefficient (Wildman–Crippen LogP) is 17.6. The van der Waals surface area contributed by atoms with Crippen molar-refractivity contribution in [3.8, 4) is 0 Å². The zero-order valence-electron chi connectivity index (χ0n) is 50.3. The number of carbonyl (C=O) groups excluding carboxylic acids is 3. The van der Waals surface area contributed by atoms with Crippen molar-refractivity contribution in [1.29, 1.82) is 0 Å². The number of rotatable bonds is 57. The summed E-state index contributed by atoms with van der Waals surface area (Å²) in [6.07, 6.45) is 76.0. The van der Waals surface area contributed by atoms with E-state index in [9.17, 15) is 19.5 Å². The monoisotopic (exact) mass is 1080 g/mol. The normalized spacial score (nSPS) is 13.4. The Kier molecular flexibility index (Phi) is 55.5. The fourth-order valence-corrected chi connectivity index (χ4v) is 8.58. The van der Waals surface area contributed by atoms with Crippen molar-refractivity contribution in [1.82, 2.24) is 0 Å². The molecule has 0 aliphatic carbocycles. The largest absolute Gasteiger partial charge is 0.545 e. The summed E-state index contributed by atoms with van der Waals surface area (Å²) in [5.74, 6) is -2.28. The lowest BCUT2D eigenvalue weighted by Crippen LogP contribution is -2.44. The highest BCUT2D eigenvalue weighted by atomic mass is 16.7. The molecule has 0 aromatic heterocycles. The molecule has 0 radical (unpaired) electrons. The van der Waals surface area contributed by atoms with Crippen molar-refractivity contribution in [2.75, 3.05) is 47.5 Å². The van der Waals surface area contributed by atoms with E-state index in [1.54, 1.807) is 0 Å². The molecule has 0 aromatic rings. The molecule has 0 saturated carbocycles. The number of carboxylic acids is 1. The van der Waals surface area contributed by atoms with Crippen molar-refractivity contribution in [3.63, 3.8) is 0 Å². The van der Waals surface area contributed by atoms with Crippen LogP contribution in [0.1, 0.15) is 258 Å². The highest BCUT2D eigenvalue weighted by Gasteiger charge is 2.22. The Hall–Kier alpha value is -3.79. The molecule has 0 bridgehead atoms. The first kappa shape index (κ1) is 73.2. The zero-order valence-corrected chi connectivity index (χ0v) is 50.3. The van der Waals surface area contributed by atoms with Crippen molar-refractivity contribution < 1.29 is 42.9 Å². The Morgan fingerprint density at radius 2 is 0.701 bits per heavy atom. The number of carboxylic acid groups (broad SMARTS) is 1. The van der Waals surface area contributed by atoms with Gasteiger partial charge in [-0.2, -0.15) is 0 Å². The summed E-state index contributed by atoms with van der Waals surface area (Å²) in [5, 5.41) is 11.8. The summed E-state index contributed by atoms with van der Waals surface area (Å²) < 4.78 is 22.8. The average molecular weight is 1080 g/mol. The van der Waals surface area contributed by atoms with Gasteiger partial charge in [0.25, 0.3) is 0 Å². The van der Waals surface area contributed by atoms with E-state index in [0.717, 1.165) is 89.9 Å². The Bertz CT molecular complexity index is 1580. The molecule has 77 heavy (non-hydrogen) atoms. The van der Waals surface area contributed by atoms with E-state index in [0.29, 0.717) is 17.4 Å². The van der Waals surface area contributed by atoms with Crippen molar-refractivity contribution in [2.45, 2.75) is 270 Å². The fourth-order valence-electron chi connectivity index (χ4n) is 8.58. The smallest absolute Gasteiger partial charge is 0.306 e. The van der Waals surface area contributed by atoms with Crippen molar-refractivity contribution in [3.05, 3.63) is 97.2 Å². The minimum absolute atomic E-state index is 0.144. The number of quaternary nitrogens is 1. The maximum absolute atomic E-state index is 12.9. The average Bonchev–Trinajstić information content (AvgIpc) is 3.40. The molecule has 9 nitrogen and oxygen atoms in total. The quantitative estimate of drug-likeness (QED) is 0.0195. The van der Waals surface area contributed by atoms with Gasteiger partial charge in [0.15, 0.2) is 12.4 Å². The zero-order chi connectivity index (χ0) is 56.2. The molecule has 0 heterocycles. The molecule has 0 aromatic carbocycles. The molecule has 0 amide bonds. The summed E-state index contributed by atoms with van der Waals surface area (Å²) >= 11 is 0. The summed E-state index contributed by atoms with van der Waals surface area (Å²) in [7, 11) is 5.92. The Labute approximate surface area is 473 Å². The molecule has 0 spiro atoms. The highest BCUT2D eigenvalue weighted by Crippen LogP contribution is 2.17. The van der Waals surface area contributed by atoms with Gasteiger partial charge in [0.1, 0.15) is 13.2 Å². The maximum Gasteiger partial charge on any atom is 0.306 e. The fraction of sp³-hybridized carbons (Fsp3) is 0.721. The number of unbranched alkanes of at least 4 members (excludes halogenated alkanes) is 26. The molecule has 0 aliphatic heterocycles. The van der Waals surface area contributed by atoms with Gasteiger partial charge in [-0.3, -0.25) is 9.59 Å². The van der Waals surface area contributed by atoms with Gasteiger partial charge in [0.2, 0.25) is 0 Å². The van der Waals surface area contributed by atoms with Crippen LogP contribution >= 0.6 is 0 Å². The number of nitrogens with zero attached hydrogens (tertiary/aromatic N) is 1. The Morgan fingerprint density at radius 3 is 1.04 bits per heavy atom. The highest BCUT2D eigenvalue weighted by molar-refractivity contribution is 5.70. The molecule has 0 aliphatic rings. The van der Waals surface area contributed by atoms with Gasteiger partial charge in [-0.1, -0.05) is 252 Å². The minimum atomic E-state index is -1.63. The third-order valence-electron chi connectivity index (χ3n) is 13.3. The van der Waals surface area contributed by atoms with E-state index in [1.165, 1.54) is 135 Å². The molecule has 0 fully saturated rings. The van der Waals surface area contributed by atoms with Crippen LogP contribution in [0.4, 0.5) is 0 Å². The molecule has 0 saturated heterocycles. The number of allylic oxidation sites excluding steroid dienone is 16. The van der Waals surface area contributed by atoms with Gasteiger partial charge in [-0.25, -0.2) is 0 Å². The summed E-state index contributed by atoms with van der Waals surface area (Å²) in [5.41, 5.74) is 0. The first-order chi connectivity index (χ1) is 37.6. The van der Waals surface area contributed by atoms with Gasteiger partial charge in [-0.05, 0) is 89.9 Å². The number of hydrogen-bond donors (Lipinski definition) is 0. The second-order valence-electron chi connectivity index (χ2n) is 21.9. The first-order valence-electron chi connectivity index (χ1n) is 31.4. The topological polar surface area (TPSA) is 111 Å². The van der Waals surface area contributed by atoms with E-state index in [-0.39, 0.29) is 38.6 Å². The van der Waals surface area contributed by atoms with Crippen LogP contribution in [0.3, 0.4) is 0 Å². The van der Waals surface area contributed by atoms with E-state index in [2.05, 4.69) is 111 Å². The third kappa shape index (κ3) is 59.7. The van der Waals surface area contributed by atoms with Crippen LogP contribution in [0.25, 0.3) is 0 Å². The summed E-state index contributed by atoms with van der Waals surface area (Å²) in [6, 6.07) is 0. The number of hydrogen-bond acceptors (Lipinski definition) is 8. The molecular formula is C68H117NO8. The number of ether oxygens (including phenoxy) is 4. The maximum atomic E-state index is 12.9. The number of carbonyl (C=O) groups is 3. The molecule has 442 valence electrons. The van der Waals surface area contributed by atoms with Gasteiger partial charge in [-0.15, -0.1) is 0 Å². The lowest BCUT2D eigenvalue weighted by molar-refractivity contribution is -0.870. The van der Waals surface area contributed by atoms with Crippen LogP contribution in [0.2, 0.25) is 0 Å². The SMILES string of the molecule is CC/C=C\C/C=C\C/C=C\C/C=C\CCCCCCCCCCCCCCCCC(=O)OC(COC(=O)CCCCCCCCCCCCCC/C=C\C/C=C\C/C=C\C/C=C\CC)COC(OCC[N+](C)(C)C)C(=O)[O-]. The van der Waals surface area contributed by atoms with E-state index < -0.39 is 24.3 Å². The van der Waals surface area contributed by atoms with Crippen LogP contribution in [-0.2, 0) is 33.3 Å². The second kappa shape index (κ2) is 58.4. The van der Waals surface area contributed by atoms with Gasteiger partial charge >= 0.3 is 11.9 Å². The Balaban J connectivity index is 4.19. The lowest BCUT2D eigenvalue weighted by atomic mass is 10.0. The minimum Gasteiger partial charge on any atom is -0.545 e. The number of esters is 2. The van der Waals surface area contributed by atoms with E-state index in [4.69, 9.17) is 18.9 Å². The number of aliphatic carboxylic acids is 1. The Morgan fingerprint density at radius 1 is 0.390 bits per heavy atom. The molecule has 2 unspecified atom stereocenters. The van der Waals surface area contributed by atoms with Gasteiger partial charge < -0.3 is 33.3 Å². The van der Waals surface area contributed by atoms with Crippen molar-refractivity contribution >= 4 is 17.9 Å². The first-order valence-corrected chi connectivity index (χ1v) is 31.4. The van der Waals surface area contributed by atoms with E-state index >= 15 is 0 Å². The molecular weight excluding hydrogens is 959 g/mol.